The molecule has 0 bridgehead atoms. The van der Waals surface area contributed by atoms with Gasteiger partial charge in [0, 0.05) is 10.7 Å². The average molecular weight is 436 g/mol. The quantitative estimate of drug-likeness (QED) is 0.194. The van der Waals surface area contributed by atoms with Gasteiger partial charge in [0.2, 0.25) is 0 Å². The van der Waals surface area contributed by atoms with Crippen molar-refractivity contribution < 1.29 is 0 Å². The Kier molecular flexibility index (Phi) is 2.56. The summed E-state index contributed by atoms with van der Waals surface area (Å²) in [7, 11) is 0. The lowest BCUT2D eigenvalue weighted by molar-refractivity contribution is 1.52. The van der Waals surface area contributed by atoms with Crippen LogP contribution in [0.2, 0.25) is 0 Å². The molecule has 0 unspecified atom stereocenters. The van der Waals surface area contributed by atoms with E-state index in [0.717, 1.165) is 10.7 Å². The monoisotopic (exact) mass is 434 g/mol. The third-order valence-corrected chi connectivity index (χ3v) is 6.80. The Hall–Kier alpha value is -1.64. The molecule has 24 heavy (non-hydrogen) atoms. The Morgan fingerprint density at radius 3 is 1.38 bits per heavy atom. The molecule has 6 aromatic rings. The molecule has 0 aromatic heterocycles. The van der Waals surface area contributed by atoms with Crippen LogP contribution in [0.1, 0.15) is 11.1 Å². The van der Waals surface area contributed by atoms with Gasteiger partial charge in [0.15, 0.2) is 0 Å². The fourth-order valence-corrected chi connectivity index (χ4v) is 5.57. The number of benzene rings is 5. The van der Waals surface area contributed by atoms with E-state index >= 15 is 0 Å². The first kappa shape index (κ1) is 13.6. The maximum Gasteiger partial charge on any atom is 0.0289 e. The second-order valence-corrected chi connectivity index (χ2v) is 7.80. The van der Waals surface area contributed by atoms with Crippen LogP contribution in [0.5, 0.6) is 0 Å². The molecule has 0 heterocycles. The Bertz CT molecular complexity index is 1260. The van der Waals surface area contributed by atoms with Crippen LogP contribution >= 0.6 is 31.9 Å². The number of rotatable bonds is 2. The highest BCUT2D eigenvalue weighted by Gasteiger charge is 2.22. The SMILES string of the molecule is BrCc1cc2ccc3cc(CBr)c4ccc5ccc1c1c2c3c4c51. The normalized spacial score (nSPS) is 12.9. The van der Waals surface area contributed by atoms with Crippen molar-refractivity contribution in [2.24, 2.45) is 0 Å². The molecule has 0 aliphatic rings. The van der Waals surface area contributed by atoms with Crippen molar-refractivity contribution in [1.82, 2.24) is 0 Å². The van der Waals surface area contributed by atoms with Crippen LogP contribution in [-0.4, -0.2) is 0 Å². The molecule has 0 fully saturated rings. The number of hydrogen-bond donors (Lipinski definition) is 0. The van der Waals surface area contributed by atoms with Crippen LogP contribution in [0.3, 0.4) is 0 Å². The number of hydrogen-bond acceptors (Lipinski definition) is 0. The van der Waals surface area contributed by atoms with Gasteiger partial charge in [0.25, 0.3) is 0 Å². The zero-order chi connectivity index (χ0) is 16.0. The van der Waals surface area contributed by atoms with Crippen LogP contribution in [0, 0.1) is 0 Å². The van der Waals surface area contributed by atoms with E-state index in [1.54, 1.807) is 0 Å². The molecule has 0 aliphatic carbocycles. The second-order valence-electron chi connectivity index (χ2n) is 6.67. The zero-order valence-corrected chi connectivity index (χ0v) is 16.0. The molecule has 0 saturated heterocycles. The predicted molar refractivity (Wildman–Crippen MR) is 113 cm³/mol. The molecule has 0 amide bonds. The van der Waals surface area contributed by atoms with Gasteiger partial charge in [-0.1, -0.05) is 68.3 Å². The van der Waals surface area contributed by atoms with Crippen LogP contribution in [-0.2, 0) is 10.7 Å². The molecule has 0 atom stereocenters. The average Bonchev–Trinajstić information content (AvgIpc) is 3.00. The van der Waals surface area contributed by atoms with Gasteiger partial charge in [-0.2, -0.15) is 0 Å². The molecule has 0 radical (unpaired) electrons. The third kappa shape index (κ3) is 1.42. The number of alkyl halides is 2. The molecule has 6 aromatic carbocycles. The standard InChI is InChI=1S/C22H12Br2/c23-9-14-7-12-1-2-13-8-15(10-24)17-6-4-11-3-5-16(14)21-18(11)22(17)20(13)19(12)21/h1-8H,9-10H2. The highest BCUT2D eigenvalue weighted by Crippen LogP contribution is 2.49. The van der Waals surface area contributed by atoms with Crippen molar-refractivity contribution >= 4 is 85.7 Å². The molecule has 0 saturated carbocycles. The minimum Gasteiger partial charge on any atom is -0.0876 e. The maximum absolute atomic E-state index is 3.69. The molecule has 0 nitrogen and oxygen atoms in total. The Balaban J connectivity index is 2.11. The molecule has 0 aliphatic heterocycles. The lowest BCUT2D eigenvalue weighted by Crippen LogP contribution is -1.84. The van der Waals surface area contributed by atoms with Crippen molar-refractivity contribution in [1.29, 1.82) is 0 Å². The third-order valence-electron chi connectivity index (χ3n) is 5.60. The van der Waals surface area contributed by atoms with Crippen LogP contribution in [0.15, 0.2) is 48.5 Å². The van der Waals surface area contributed by atoms with Gasteiger partial charge in [-0.05, 0) is 77.1 Å². The highest BCUT2D eigenvalue weighted by molar-refractivity contribution is 9.08. The largest absolute Gasteiger partial charge is 0.0876 e. The van der Waals surface area contributed by atoms with Gasteiger partial charge < -0.3 is 0 Å². The molecular weight excluding hydrogens is 424 g/mol. The second kappa shape index (κ2) is 4.50. The smallest absolute Gasteiger partial charge is 0.0289 e. The van der Waals surface area contributed by atoms with Crippen LogP contribution in [0.4, 0.5) is 0 Å². The minimum absolute atomic E-state index is 0.891. The van der Waals surface area contributed by atoms with Crippen molar-refractivity contribution in [3.05, 3.63) is 59.7 Å². The van der Waals surface area contributed by atoms with E-state index in [1.807, 2.05) is 0 Å². The summed E-state index contributed by atoms with van der Waals surface area (Å²) in [5.41, 5.74) is 2.76. The zero-order valence-electron chi connectivity index (χ0n) is 12.8. The summed E-state index contributed by atoms with van der Waals surface area (Å²) in [6, 6.07) is 18.5. The molecule has 0 spiro atoms. The first-order valence-electron chi connectivity index (χ1n) is 8.13. The van der Waals surface area contributed by atoms with Crippen LogP contribution < -0.4 is 0 Å². The van der Waals surface area contributed by atoms with Gasteiger partial charge in [-0.15, -0.1) is 0 Å². The topological polar surface area (TPSA) is 0 Å². The Morgan fingerprint density at radius 2 is 0.917 bits per heavy atom. The van der Waals surface area contributed by atoms with E-state index < -0.39 is 0 Å². The number of halogens is 2. The first-order valence-corrected chi connectivity index (χ1v) is 10.4. The van der Waals surface area contributed by atoms with E-state index in [1.165, 1.54) is 65.0 Å². The minimum atomic E-state index is 0.891. The van der Waals surface area contributed by atoms with Crippen molar-refractivity contribution in [3.63, 3.8) is 0 Å². The van der Waals surface area contributed by atoms with Gasteiger partial charge in [0.1, 0.15) is 0 Å². The van der Waals surface area contributed by atoms with E-state index in [4.69, 9.17) is 0 Å². The molecule has 6 rings (SSSR count). The lowest BCUT2D eigenvalue weighted by Gasteiger charge is -2.09. The van der Waals surface area contributed by atoms with E-state index in [-0.39, 0.29) is 0 Å². The summed E-state index contributed by atoms with van der Waals surface area (Å²) in [6.07, 6.45) is 0. The summed E-state index contributed by atoms with van der Waals surface area (Å²) >= 11 is 7.38. The van der Waals surface area contributed by atoms with Crippen molar-refractivity contribution in [2.75, 3.05) is 0 Å². The Labute approximate surface area is 155 Å². The maximum atomic E-state index is 3.69. The Morgan fingerprint density at radius 1 is 0.500 bits per heavy atom. The first-order chi connectivity index (χ1) is 11.8. The summed E-state index contributed by atoms with van der Waals surface area (Å²) in [5, 5.41) is 15.9. The molecule has 114 valence electrons. The van der Waals surface area contributed by atoms with E-state index in [9.17, 15) is 0 Å². The van der Waals surface area contributed by atoms with Gasteiger partial charge in [-0.25, -0.2) is 0 Å². The summed E-state index contributed by atoms with van der Waals surface area (Å²) in [6.45, 7) is 0. The van der Waals surface area contributed by atoms with E-state index in [2.05, 4.69) is 80.4 Å². The summed E-state index contributed by atoms with van der Waals surface area (Å²) in [4.78, 5) is 0. The van der Waals surface area contributed by atoms with E-state index in [0.29, 0.717) is 0 Å². The fraction of sp³-hybridized carbons (Fsp3) is 0.0909. The van der Waals surface area contributed by atoms with Crippen molar-refractivity contribution in [3.8, 4) is 0 Å². The molecular formula is C22H12Br2. The molecule has 2 heteroatoms. The summed E-state index contributed by atoms with van der Waals surface area (Å²) < 4.78 is 0. The van der Waals surface area contributed by atoms with Gasteiger partial charge in [0.05, 0.1) is 0 Å². The highest BCUT2D eigenvalue weighted by atomic mass is 79.9. The van der Waals surface area contributed by atoms with Gasteiger partial charge >= 0.3 is 0 Å². The van der Waals surface area contributed by atoms with Crippen molar-refractivity contribution in [2.45, 2.75) is 10.7 Å². The predicted octanol–water partition coefficient (Wildman–Crippen LogP) is 7.56. The lowest BCUT2D eigenvalue weighted by atomic mass is 9.96. The van der Waals surface area contributed by atoms with Crippen LogP contribution in [0.25, 0.3) is 53.9 Å². The fourth-order valence-electron chi connectivity index (χ4n) is 4.64. The molecule has 0 N–H and O–H groups in total. The van der Waals surface area contributed by atoms with Gasteiger partial charge in [-0.3, -0.25) is 0 Å². The summed E-state index contributed by atoms with van der Waals surface area (Å²) in [5.74, 6) is 0.